The minimum atomic E-state index is -0.751. The Morgan fingerprint density at radius 3 is 1.62 bits per heavy atom. The van der Waals surface area contributed by atoms with E-state index in [0.29, 0.717) is 11.4 Å². The quantitative estimate of drug-likeness (QED) is 0.172. The highest BCUT2D eigenvalue weighted by Gasteiger charge is 2.38. The van der Waals surface area contributed by atoms with Gasteiger partial charge in [0.2, 0.25) is 0 Å². The van der Waals surface area contributed by atoms with Crippen LogP contribution in [0.15, 0.2) is 108 Å². The lowest BCUT2D eigenvalue weighted by molar-refractivity contribution is 0.707. The number of anilines is 1. The third kappa shape index (κ3) is 7.50. The molecule has 5 heteroatoms. The van der Waals surface area contributed by atoms with E-state index in [9.17, 15) is 5.41 Å². The Morgan fingerprint density at radius 2 is 1.16 bits per heavy atom. The smallest absolute Gasteiger partial charge is 0.0889 e. The number of nitrogens with one attached hydrogen (secondary N) is 4. The first-order valence-corrected chi connectivity index (χ1v) is 13.9. The number of hydrogen-bond acceptors (Lipinski definition) is 4. The third-order valence-electron chi connectivity index (χ3n) is 5.74. The van der Waals surface area contributed by atoms with Crippen LogP contribution in [0.5, 0.6) is 0 Å². The molecule has 0 atom stereocenters. The van der Waals surface area contributed by atoms with Gasteiger partial charge in [-0.1, -0.05) is 120 Å². The largest absolute Gasteiger partial charge is 0.353 e. The van der Waals surface area contributed by atoms with Crippen molar-refractivity contribution in [3.8, 4) is 0 Å². The fraction of sp³-hybridized carbons (Fsp3) is 0.250. The van der Waals surface area contributed by atoms with Crippen LogP contribution in [-0.2, 0) is 0 Å². The van der Waals surface area contributed by atoms with Crippen LogP contribution in [0.3, 0.4) is 0 Å². The molecule has 0 bridgehead atoms. The number of benzene rings is 3. The molecule has 4 nitrogen and oxygen atoms in total. The first-order valence-electron chi connectivity index (χ1n) is 12.6. The Kier molecular flexibility index (Phi) is 9.23. The summed E-state index contributed by atoms with van der Waals surface area (Å²) in [5.74, 6) is 0. The van der Waals surface area contributed by atoms with Gasteiger partial charge in [-0.05, 0) is 36.4 Å². The molecule has 0 saturated carbocycles. The van der Waals surface area contributed by atoms with Crippen molar-refractivity contribution in [1.29, 1.82) is 10.8 Å². The predicted octanol–water partition coefficient (Wildman–Crippen LogP) is 8.69. The molecule has 0 heterocycles. The molecule has 192 valence electrons. The molecule has 0 aliphatic heterocycles. The van der Waals surface area contributed by atoms with Crippen LogP contribution in [0, 0.1) is 10.8 Å². The Morgan fingerprint density at radius 1 is 0.703 bits per heavy atom. The summed E-state index contributed by atoms with van der Waals surface area (Å²) in [5, 5.41) is 24.6. The van der Waals surface area contributed by atoms with E-state index in [-0.39, 0.29) is 10.3 Å². The van der Waals surface area contributed by atoms with E-state index in [1.807, 2.05) is 84.9 Å². The van der Waals surface area contributed by atoms with Gasteiger partial charge in [0.25, 0.3) is 0 Å². The molecular weight excluding hydrogens is 471 g/mol. The van der Waals surface area contributed by atoms with Gasteiger partial charge in [0.15, 0.2) is 0 Å². The van der Waals surface area contributed by atoms with E-state index in [0.717, 1.165) is 27.9 Å². The predicted molar refractivity (Wildman–Crippen MR) is 163 cm³/mol. The minimum absolute atomic E-state index is 0.0186. The summed E-state index contributed by atoms with van der Waals surface area (Å²) in [7, 11) is -0.751. The normalized spacial score (nSPS) is 13.1. The first-order chi connectivity index (χ1) is 17.5. The Balaban J connectivity index is 2.30. The van der Waals surface area contributed by atoms with Crippen LogP contribution in [-0.4, -0.2) is 22.2 Å². The molecule has 0 amide bonds. The maximum atomic E-state index is 9.37. The Hall–Kier alpha value is -3.49. The summed E-state index contributed by atoms with van der Waals surface area (Å²) in [5.41, 5.74) is 5.58. The van der Waals surface area contributed by atoms with Crippen molar-refractivity contribution in [2.75, 3.05) is 5.32 Å². The fourth-order valence-corrected chi connectivity index (χ4v) is 8.56. The second kappa shape index (κ2) is 12.2. The summed E-state index contributed by atoms with van der Waals surface area (Å²) < 4.78 is 0. The van der Waals surface area contributed by atoms with Crippen LogP contribution in [0.2, 0.25) is 0 Å². The lowest BCUT2D eigenvalue weighted by Crippen LogP contribution is -2.32. The average Bonchev–Trinajstić information content (AvgIpc) is 2.86. The van der Waals surface area contributed by atoms with Crippen LogP contribution >= 0.6 is 7.92 Å². The molecule has 0 unspecified atom stereocenters. The molecule has 3 aromatic carbocycles. The van der Waals surface area contributed by atoms with E-state index < -0.39 is 7.92 Å². The van der Waals surface area contributed by atoms with Gasteiger partial charge in [0.1, 0.15) is 0 Å². The van der Waals surface area contributed by atoms with Crippen molar-refractivity contribution in [2.24, 2.45) is 0 Å². The van der Waals surface area contributed by atoms with Crippen molar-refractivity contribution in [3.63, 3.8) is 0 Å². The summed E-state index contributed by atoms with van der Waals surface area (Å²) in [6, 6.07) is 30.0. The van der Waals surface area contributed by atoms with Crippen molar-refractivity contribution in [1.82, 2.24) is 5.32 Å². The molecule has 0 aliphatic rings. The lowest BCUT2D eigenvalue weighted by Gasteiger charge is -2.43. The SMILES string of the molecule is CC(C)(C)P(/C(=C/C=N)N/C(C(=N)c1ccccc1)=C(/Nc1ccccc1)c1ccccc1)C(C)(C)C. The van der Waals surface area contributed by atoms with E-state index in [1.54, 1.807) is 0 Å². The molecule has 0 aromatic heterocycles. The van der Waals surface area contributed by atoms with Crippen molar-refractivity contribution < 1.29 is 0 Å². The number of para-hydroxylation sites is 1. The zero-order valence-electron chi connectivity index (χ0n) is 22.8. The lowest BCUT2D eigenvalue weighted by atomic mass is 10.0. The van der Waals surface area contributed by atoms with Gasteiger partial charge in [-0.2, -0.15) is 0 Å². The molecule has 37 heavy (non-hydrogen) atoms. The zero-order chi connectivity index (χ0) is 27.1. The molecule has 0 radical (unpaired) electrons. The van der Waals surface area contributed by atoms with E-state index in [1.165, 1.54) is 6.21 Å². The van der Waals surface area contributed by atoms with Gasteiger partial charge in [0, 0.05) is 28.5 Å². The molecular formula is C32H39N4P. The number of rotatable bonds is 9. The van der Waals surface area contributed by atoms with Gasteiger partial charge in [-0.3, -0.25) is 5.41 Å². The molecule has 3 rings (SSSR count). The average molecular weight is 511 g/mol. The van der Waals surface area contributed by atoms with Crippen LogP contribution in [0.1, 0.15) is 52.7 Å². The zero-order valence-corrected chi connectivity index (χ0v) is 23.7. The van der Waals surface area contributed by atoms with Crippen molar-refractivity contribution in [3.05, 3.63) is 119 Å². The van der Waals surface area contributed by atoms with Crippen LogP contribution in [0.25, 0.3) is 5.70 Å². The number of allylic oxidation sites excluding steroid dienone is 2. The highest BCUT2D eigenvalue weighted by molar-refractivity contribution is 7.65. The van der Waals surface area contributed by atoms with E-state index >= 15 is 0 Å². The second-order valence-electron chi connectivity index (χ2n) is 10.9. The second-order valence-corrected chi connectivity index (χ2v) is 14.7. The van der Waals surface area contributed by atoms with Gasteiger partial charge < -0.3 is 16.0 Å². The summed E-state index contributed by atoms with van der Waals surface area (Å²) in [4.78, 5) is 0. The molecule has 0 aliphatic carbocycles. The number of hydrogen-bond donors (Lipinski definition) is 4. The molecule has 0 saturated heterocycles. The third-order valence-corrected chi connectivity index (χ3v) is 9.17. The maximum absolute atomic E-state index is 9.37. The topological polar surface area (TPSA) is 71.8 Å². The van der Waals surface area contributed by atoms with Gasteiger partial charge in [0.05, 0.1) is 17.1 Å². The highest BCUT2D eigenvalue weighted by Crippen LogP contribution is 2.64. The van der Waals surface area contributed by atoms with E-state index in [2.05, 4.69) is 64.3 Å². The summed E-state index contributed by atoms with van der Waals surface area (Å²) >= 11 is 0. The standard InChI is InChI=1S/C32H39N4P/c1-31(2,3)37(32(4,5)6)27(22-23-33)36-30(28(34)24-16-10-7-11-17-24)29(25-18-12-8-13-19-25)35-26-20-14-9-15-21-26/h7-23,33-36H,1-6H3/b27-22+,30-29+,33-23?,34-28?. The molecule has 4 N–H and O–H groups in total. The van der Waals surface area contributed by atoms with Crippen LogP contribution < -0.4 is 10.6 Å². The van der Waals surface area contributed by atoms with Gasteiger partial charge >= 0.3 is 0 Å². The summed E-state index contributed by atoms with van der Waals surface area (Å²) in [6.07, 6.45) is 3.22. The van der Waals surface area contributed by atoms with Crippen molar-refractivity contribution in [2.45, 2.75) is 51.9 Å². The van der Waals surface area contributed by atoms with Gasteiger partial charge in [-0.25, -0.2) is 0 Å². The van der Waals surface area contributed by atoms with E-state index in [4.69, 9.17) is 5.41 Å². The Labute approximate surface area is 223 Å². The monoisotopic (exact) mass is 510 g/mol. The fourth-order valence-electron chi connectivity index (χ4n) is 4.66. The first kappa shape index (κ1) is 28.1. The minimum Gasteiger partial charge on any atom is -0.353 e. The molecule has 3 aromatic rings. The van der Waals surface area contributed by atoms with Crippen molar-refractivity contribution >= 4 is 31.2 Å². The van der Waals surface area contributed by atoms with Crippen LogP contribution in [0.4, 0.5) is 5.69 Å². The Bertz CT molecular complexity index is 1230. The van der Waals surface area contributed by atoms with Gasteiger partial charge in [-0.15, -0.1) is 0 Å². The maximum Gasteiger partial charge on any atom is 0.0889 e. The molecule has 0 fully saturated rings. The highest BCUT2D eigenvalue weighted by atomic mass is 31.1. The summed E-state index contributed by atoms with van der Waals surface area (Å²) in [6.45, 7) is 13.6. The molecule has 0 spiro atoms.